The van der Waals surface area contributed by atoms with E-state index in [1.165, 1.54) is 37.9 Å². The molecular formula is C25H16O2. The van der Waals surface area contributed by atoms with Crippen molar-refractivity contribution in [2.75, 3.05) is 0 Å². The summed E-state index contributed by atoms with van der Waals surface area (Å²) in [7, 11) is 0. The van der Waals surface area contributed by atoms with E-state index in [1.54, 1.807) is 0 Å². The van der Waals surface area contributed by atoms with Gasteiger partial charge in [-0.15, -0.1) is 0 Å². The van der Waals surface area contributed by atoms with E-state index in [1.807, 2.05) is 18.2 Å². The number of ketones is 1. The zero-order valence-corrected chi connectivity index (χ0v) is 14.7. The molecule has 0 saturated carbocycles. The number of carbonyl (C=O) groups excluding carboxylic acids is 1. The van der Waals surface area contributed by atoms with Crippen molar-refractivity contribution in [1.82, 2.24) is 0 Å². The first kappa shape index (κ1) is 14.7. The molecule has 4 aromatic rings. The first-order chi connectivity index (χ1) is 13.3. The zero-order valence-electron chi connectivity index (χ0n) is 14.7. The molecule has 1 aliphatic carbocycles. The fourth-order valence-electron chi connectivity index (χ4n) is 4.37. The van der Waals surface area contributed by atoms with E-state index in [2.05, 4.69) is 54.6 Å². The highest BCUT2D eigenvalue weighted by molar-refractivity contribution is 6.13. The van der Waals surface area contributed by atoms with Crippen molar-refractivity contribution in [2.24, 2.45) is 0 Å². The van der Waals surface area contributed by atoms with Crippen molar-refractivity contribution in [3.8, 4) is 5.75 Å². The Bertz CT molecular complexity index is 1360. The van der Waals surface area contributed by atoms with Gasteiger partial charge in [-0.3, -0.25) is 4.79 Å². The maximum atomic E-state index is 12.2. The van der Waals surface area contributed by atoms with Crippen molar-refractivity contribution >= 4 is 38.1 Å². The molecule has 2 heteroatoms. The third kappa shape index (κ3) is 2.10. The fraction of sp³-hybridized carbons (Fsp3) is 0.0800. The minimum atomic E-state index is 0.0724. The molecule has 0 bridgehead atoms. The molecular weight excluding hydrogens is 332 g/mol. The fourth-order valence-corrected chi connectivity index (χ4v) is 4.37. The highest BCUT2D eigenvalue weighted by Gasteiger charge is 2.26. The van der Waals surface area contributed by atoms with Crippen LogP contribution in [0.4, 0.5) is 0 Å². The minimum absolute atomic E-state index is 0.0724. The standard InChI is InChI=1S/C25H16O2/c26-23-7-3-6-18-14-22-20-9-8-17-12-15-4-1-2-5-16(15)13-21(17)19(20)10-11-24(22)27-25(18)23/h1-6,8-13H,7,14H2. The molecule has 6 rings (SSSR count). The lowest BCUT2D eigenvalue weighted by Crippen LogP contribution is -2.19. The van der Waals surface area contributed by atoms with Crippen LogP contribution in [-0.2, 0) is 11.2 Å². The number of hydrogen-bond donors (Lipinski definition) is 0. The second-order valence-electron chi connectivity index (χ2n) is 7.29. The van der Waals surface area contributed by atoms with Crippen LogP contribution < -0.4 is 4.74 Å². The van der Waals surface area contributed by atoms with Crippen molar-refractivity contribution in [2.45, 2.75) is 12.8 Å². The van der Waals surface area contributed by atoms with Gasteiger partial charge < -0.3 is 4.74 Å². The Kier molecular flexibility index (Phi) is 2.90. The van der Waals surface area contributed by atoms with Crippen molar-refractivity contribution in [1.29, 1.82) is 0 Å². The molecule has 0 amide bonds. The molecule has 27 heavy (non-hydrogen) atoms. The molecule has 4 aromatic carbocycles. The number of carbonyl (C=O) groups is 1. The van der Waals surface area contributed by atoms with Crippen LogP contribution in [0, 0.1) is 0 Å². The molecule has 0 spiro atoms. The van der Waals surface area contributed by atoms with Gasteiger partial charge >= 0.3 is 0 Å². The van der Waals surface area contributed by atoms with Gasteiger partial charge in [0, 0.05) is 24.0 Å². The van der Waals surface area contributed by atoms with Gasteiger partial charge in [-0.1, -0.05) is 54.6 Å². The van der Waals surface area contributed by atoms with E-state index in [0.717, 1.165) is 17.7 Å². The first-order valence-corrected chi connectivity index (χ1v) is 9.26. The van der Waals surface area contributed by atoms with E-state index in [4.69, 9.17) is 4.74 Å². The van der Waals surface area contributed by atoms with Crippen LogP contribution in [0.15, 0.2) is 84.1 Å². The average Bonchev–Trinajstić information content (AvgIpc) is 2.71. The summed E-state index contributed by atoms with van der Waals surface area (Å²) in [6.07, 6.45) is 5.14. The normalized spacial score (nSPS) is 15.9. The van der Waals surface area contributed by atoms with Crippen molar-refractivity contribution in [3.63, 3.8) is 0 Å². The van der Waals surface area contributed by atoms with Crippen LogP contribution in [0.5, 0.6) is 5.75 Å². The van der Waals surface area contributed by atoms with E-state index in [0.29, 0.717) is 12.2 Å². The molecule has 0 atom stereocenters. The number of ether oxygens (including phenoxy) is 1. The predicted molar refractivity (Wildman–Crippen MR) is 109 cm³/mol. The molecule has 2 nitrogen and oxygen atoms in total. The summed E-state index contributed by atoms with van der Waals surface area (Å²) in [5.41, 5.74) is 2.16. The molecule has 128 valence electrons. The molecule has 0 N–H and O–H groups in total. The van der Waals surface area contributed by atoms with Gasteiger partial charge in [0.2, 0.25) is 5.78 Å². The minimum Gasteiger partial charge on any atom is -0.453 e. The summed E-state index contributed by atoms with van der Waals surface area (Å²) in [6, 6.07) is 21.5. The van der Waals surface area contributed by atoms with Crippen LogP contribution in [0.25, 0.3) is 32.3 Å². The maximum absolute atomic E-state index is 12.2. The van der Waals surface area contributed by atoms with Gasteiger partial charge in [0.15, 0.2) is 5.76 Å². The van der Waals surface area contributed by atoms with Crippen molar-refractivity contribution < 1.29 is 9.53 Å². The Labute approximate surface area is 156 Å². The lowest BCUT2D eigenvalue weighted by Gasteiger charge is -2.24. The van der Waals surface area contributed by atoms with E-state index < -0.39 is 0 Å². The Morgan fingerprint density at radius 2 is 1.59 bits per heavy atom. The molecule has 0 unspecified atom stereocenters. The molecule has 0 aromatic heterocycles. The lowest BCUT2D eigenvalue weighted by atomic mass is 9.89. The molecule has 0 radical (unpaired) electrons. The Morgan fingerprint density at radius 3 is 2.48 bits per heavy atom. The third-order valence-corrected chi connectivity index (χ3v) is 5.70. The highest BCUT2D eigenvalue weighted by Crippen LogP contribution is 2.40. The molecule has 0 fully saturated rings. The number of benzene rings is 4. The van der Waals surface area contributed by atoms with E-state index in [9.17, 15) is 4.79 Å². The number of allylic oxidation sites excluding steroid dienone is 4. The summed E-state index contributed by atoms with van der Waals surface area (Å²) in [5, 5.41) is 7.43. The van der Waals surface area contributed by atoms with Gasteiger partial charge in [0.25, 0.3) is 0 Å². The highest BCUT2D eigenvalue weighted by atomic mass is 16.5. The van der Waals surface area contributed by atoms with Crippen LogP contribution in [-0.4, -0.2) is 5.78 Å². The van der Waals surface area contributed by atoms with Crippen LogP contribution in [0.3, 0.4) is 0 Å². The SMILES string of the molecule is O=C1CC=CC2=C1Oc1ccc3c(ccc4cc5ccccc5cc43)c1C2. The predicted octanol–water partition coefficient (Wildman–Crippen LogP) is 5.86. The maximum Gasteiger partial charge on any atom is 0.202 e. The van der Waals surface area contributed by atoms with E-state index >= 15 is 0 Å². The summed E-state index contributed by atoms with van der Waals surface area (Å²) in [5.74, 6) is 1.41. The second-order valence-corrected chi connectivity index (χ2v) is 7.29. The Hall–Kier alpha value is -3.39. The summed E-state index contributed by atoms with van der Waals surface area (Å²) in [4.78, 5) is 12.2. The van der Waals surface area contributed by atoms with Gasteiger partial charge in [0.1, 0.15) is 5.75 Å². The number of rotatable bonds is 0. The first-order valence-electron chi connectivity index (χ1n) is 9.26. The molecule has 1 heterocycles. The van der Waals surface area contributed by atoms with Gasteiger partial charge in [-0.2, -0.15) is 0 Å². The topological polar surface area (TPSA) is 26.3 Å². The van der Waals surface area contributed by atoms with Gasteiger partial charge in [-0.05, 0) is 50.5 Å². The number of Topliss-reactive ketones (excluding diaryl/α,β-unsaturated/α-hetero) is 1. The second kappa shape index (κ2) is 5.31. The van der Waals surface area contributed by atoms with Crippen LogP contribution in [0.2, 0.25) is 0 Å². The monoisotopic (exact) mass is 348 g/mol. The molecule has 2 aliphatic rings. The molecule has 0 saturated heterocycles. The zero-order chi connectivity index (χ0) is 18.0. The third-order valence-electron chi connectivity index (χ3n) is 5.70. The quantitative estimate of drug-likeness (QED) is 0.294. The van der Waals surface area contributed by atoms with Crippen LogP contribution in [0.1, 0.15) is 12.0 Å². The van der Waals surface area contributed by atoms with Crippen LogP contribution >= 0.6 is 0 Å². The smallest absolute Gasteiger partial charge is 0.202 e. The summed E-state index contributed by atoms with van der Waals surface area (Å²) in [6.45, 7) is 0. The van der Waals surface area contributed by atoms with Gasteiger partial charge in [0.05, 0.1) is 0 Å². The van der Waals surface area contributed by atoms with E-state index in [-0.39, 0.29) is 5.78 Å². The number of hydrogen-bond acceptors (Lipinski definition) is 2. The summed E-state index contributed by atoms with van der Waals surface area (Å²) >= 11 is 0. The largest absolute Gasteiger partial charge is 0.453 e. The average molecular weight is 348 g/mol. The van der Waals surface area contributed by atoms with Gasteiger partial charge in [-0.25, -0.2) is 0 Å². The Morgan fingerprint density at radius 1 is 0.778 bits per heavy atom. The van der Waals surface area contributed by atoms with Crippen molar-refractivity contribution in [3.05, 3.63) is 89.7 Å². The Balaban J connectivity index is 1.63. The lowest BCUT2D eigenvalue weighted by molar-refractivity contribution is -0.117. The summed E-state index contributed by atoms with van der Waals surface area (Å²) < 4.78 is 6.02. The number of fused-ring (bicyclic) bond motifs is 6. The molecule has 1 aliphatic heterocycles.